The minimum absolute atomic E-state index is 0.0397. The van der Waals surface area contributed by atoms with E-state index in [-0.39, 0.29) is 24.4 Å². The van der Waals surface area contributed by atoms with Crippen LogP contribution >= 0.6 is 23.2 Å². The number of benzene rings is 1. The Kier molecular flexibility index (Phi) is 6.78. The summed E-state index contributed by atoms with van der Waals surface area (Å²) in [7, 11) is 0. The second-order valence-electron chi connectivity index (χ2n) is 4.93. The summed E-state index contributed by atoms with van der Waals surface area (Å²) in [5.74, 6) is -0.519. The molecule has 7 heteroatoms. The molecule has 5 nitrogen and oxygen atoms in total. The lowest BCUT2D eigenvalue weighted by atomic mass is 10.2. The SMILES string of the molecule is CC(C)NC(=O)CNC(=O)[C@@H](C)Nc1ccc(Cl)cc1Cl. The molecule has 1 aromatic rings. The first-order valence-electron chi connectivity index (χ1n) is 6.58. The van der Waals surface area contributed by atoms with Crippen molar-refractivity contribution in [3.63, 3.8) is 0 Å². The fraction of sp³-hybridized carbons (Fsp3) is 0.429. The van der Waals surface area contributed by atoms with Gasteiger partial charge in [-0.1, -0.05) is 23.2 Å². The van der Waals surface area contributed by atoms with E-state index in [2.05, 4.69) is 16.0 Å². The molecule has 1 atom stereocenters. The van der Waals surface area contributed by atoms with Crippen molar-refractivity contribution in [3.05, 3.63) is 28.2 Å². The van der Waals surface area contributed by atoms with E-state index in [0.29, 0.717) is 15.7 Å². The number of hydrogen-bond acceptors (Lipinski definition) is 3. The first-order valence-corrected chi connectivity index (χ1v) is 7.34. The van der Waals surface area contributed by atoms with E-state index < -0.39 is 6.04 Å². The number of hydrogen-bond donors (Lipinski definition) is 3. The van der Waals surface area contributed by atoms with Crippen LogP contribution in [0.3, 0.4) is 0 Å². The Morgan fingerprint density at radius 1 is 1.19 bits per heavy atom. The van der Waals surface area contributed by atoms with Crippen LogP contribution in [0, 0.1) is 0 Å². The second-order valence-corrected chi connectivity index (χ2v) is 5.77. The highest BCUT2D eigenvalue weighted by molar-refractivity contribution is 6.36. The fourth-order valence-corrected chi connectivity index (χ4v) is 2.06. The minimum Gasteiger partial charge on any atom is -0.373 e. The molecule has 0 aliphatic carbocycles. The molecular weight excluding hydrogens is 313 g/mol. The van der Waals surface area contributed by atoms with Gasteiger partial charge >= 0.3 is 0 Å². The second kappa shape index (κ2) is 8.10. The zero-order valence-electron chi connectivity index (χ0n) is 12.2. The van der Waals surface area contributed by atoms with Crippen molar-refractivity contribution in [1.82, 2.24) is 10.6 Å². The molecule has 0 unspecified atom stereocenters. The van der Waals surface area contributed by atoms with Gasteiger partial charge in [0.15, 0.2) is 0 Å². The van der Waals surface area contributed by atoms with Gasteiger partial charge in [-0.3, -0.25) is 9.59 Å². The topological polar surface area (TPSA) is 70.2 Å². The molecule has 3 N–H and O–H groups in total. The number of rotatable bonds is 6. The lowest BCUT2D eigenvalue weighted by molar-refractivity contribution is -0.126. The summed E-state index contributed by atoms with van der Waals surface area (Å²) in [4.78, 5) is 23.3. The van der Waals surface area contributed by atoms with Gasteiger partial charge in [-0.2, -0.15) is 0 Å². The van der Waals surface area contributed by atoms with Crippen LogP contribution in [0.4, 0.5) is 5.69 Å². The van der Waals surface area contributed by atoms with E-state index >= 15 is 0 Å². The molecule has 0 saturated carbocycles. The van der Waals surface area contributed by atoms with E-state index in [1.165, 1.54) is 0 Å². The molecule has 1 rings (SSSR count). The van der Waals surface area contributed by atoms with Gasteiger partial charge in [-0.25, -0.2) is 0 Å². The highest BCUT2D eigenvalue weighted by atomic mass is 35.5. The van der Waals surface area contributed by atoms with Crippen LogP contribution in [0.5, 0.6) is 0 Å². The average Bonchev–Trinajstić information content (AvgIpc) is 2.38. The zero-order valence-corrected chi connectivity index (χ0v) is 13.7. The Hall–Kier alpha value is -1.46. The van der Waals surface area contributed by atoms with Crippen LogP contribution in [-0.2, 0) is 9.59 Å². The van der Waals surface area contributed by atoms with Crippen molar-refractivity contribution in [2.45, 2.75) is 32.9 Å². The highest BCUT2D eigenvalue weighted by Crippen LogP contribution is 2.25. The monoisotopic (exact) mass is 331 g/mol. The summed E-state index contributed by atoms with van der Waals surface area (Å²) in [6, 6.07) is 4.47. The molecule has 0 fully saturated rings. The summed E-state index contributed by atoms with van der Waals surface area (Å²) < 4.78 is 0. The van der Waals surface area contributed by atoms with Crippen LogP contribution < -0.4 is 16.0 Å². The van der Waals surface area contributed by atoms with E-state index in [0.717, 1.165) is 0 Å². The Bertz CT molecular complexity index is 521. The van der Waals surface area contributed by atoms with Gasteiger partial charge in [-0.15, -0.1) is 0 Å². The Balaban J connectivity index is 2.49. The molecule has 2 amide bonds. The average molecular weight is 332 g/mol. The van der Waals surface area contributed by atoms with E-state index in [1.54, 1.807) is 25.1 Å². The highest BCUT2D eigenvalue weighted by Gasteiger charge is 2.15. The fourth-order valence-electron chi connectivity index (χ4n) is 1.60. The molecule has 0 aromatic heterocycles. The van der Waals surface area contributed by atoms with E-state index in [9.17, 15) is 9.59 Å². The Morgan fingerprint density at radius 3 is 2.43 bits per heavy atom. The van der Waals surface area contributed by atoms with Gasteiger partial charge in [0, 0.05) is 11.1 Å². The molecule has 0 bridgehead atoms. The van der Waals surface area contributed by atoms with Gasteiger partial charge < -0.3 is 16.0 Å². The van der Waals surface area contributed by atoms with Gasteiger partial charge in [-0.05, 0) is 39.0 Å². The molecule has 0 saturated heterocycles. The number of amides is 2. The van der Waals surface area contributed by atoms with Gasteiger partial charge in [0.2, 0.25) is 11.8 Å². The lowest BCUT2D eigenvalue weighted by Gasteiger charge is -2.16. The quantitative estimate of drug-likeness (QED) is 0.749. The lowest BCUT2D eigenvalue weighted by Crippen LogP contribution is -2.44. The number of halogens is 2. The Labute approximate surface area is 134 Å². The number of anilines is 1. The summed E-state index contributed by atoms with van der Waals surface area (Å²) in [5, 5.41) is 9.17. The first-order chi connectivity index (χ1) is 9.79. The third-order valence-electron chi connectivity index (χ3n) is 2.57. The molecule has 0 spiro atoms. The molecule has 1 aromatic carbocycles. The van der Waals surface area contributed by atoms with Crippen molar-refractivity contribution >= 4 is 40.7 Å². The minimum atomic E-state index is -0.532. The van der Waals surface area contributed by atoms with Crippen molar-refractivity contribution in [2.75, 3.05) is 11.9 Å². The third kappa shape index (κ3) is 6.23. The van der Waals surface area contributed by atoms with Crippen molar-refractivity contribution in [2.24, 2.45) is 0 Å². The maximum atomic E-state index is 11.9. The Morgan fingerprint density at radius 2 is 1.86 bits per heavy atom. The molecule has 0 radical (unpaired) electrons. The maximum Gasteiger partial charge on any atom is 0.242 e. The summed E-state index contributed by atoms with van der Waals surface area (Å²) >= 11 is 11.8. The summed E-state index contributed by atoms with van der Waals surface area (Å²) in [6.07, 6.45) is 0. The standard InChI is InChI=1S/C14H19Cl2N3O2/c1-8(2)18-13(20)7-17-14(21)9(3)19-12-5-4-10(15)6-11(12)16/h4-6,8-9,19H,7H2,1-3H3,(H,17,21)(H,18,20)/t9-/m1/s1. The third-order valence-corrected chi connectivity index (χ3v) is 3.12. The van der Waals surface area contributed by atoms with Crippen LogP contribution in [0.2, 0.25) is 10.0 Å². The summed E-state index contributed by atoms with van der Waals surface area (Å²) in [6.45, 7) is 5.33. The van der Waals surface area contributed by atoms with Crippen LogP contribution in [-0.4, -0.2) is 30.4 Å². The molecule has 21 heavy (non-hydrogen) atoms. The van der Waals surface area contributed by atoms with Gasteiger partial charge in [0.05, 0.1) is 17.3 Å². The van der Waals surface area contributed by atoms with Crippen molar-refractivity contribution in [3.8, 4) is 0 Å². The number of carbonyl (C=O) groups is 2. The normalized spacial score (nSPS) is 11.9. The largest absolute Gasteiger partial charge is 0.373 e. The summed E-state index contributed by atoms with van der Waals surface area (Å²) in [5.41, 5.74) is 0.607. The van der Waals surface area contributed by atoms with Crippen LogP contribution in [0.15, 0.2) is 18.2 Å². The molecule has 0 aliphatic rings. The molecule has 0 heterocycles. The smallest absolute Gasteiger partial charge is 0.242 e. The van der Waals surface area contributed by atoms with Crippen LogP contribution in [0.1, 0.15) is 20.8 Å². The van der Waals surface area contributed by atoms with Crippen molar-refractivity contribution < 1.29 is 9.59 Å². The number of carbonyl (C=O) groups excluding carboxylic acids is 2. The van der Waals surface area contributed by atoms with Gasteiger partial charge in [0.1, 0.15) is 6.04 Å². The first kappa shape index (κ1) is 17.6. The molecule has 116 valence electrons. The number of nitrogens with one attached hydrogen (secondary N) is 3. The predicted octanol–water partition coefficient (Wildman–Crippen LogP) is 2.43. The van der Waals surface area contributed by atoms with Crippen molar-refractivity contribution in [1.29, 1.82) is 0 Å². The predicted molar refractivity (Wildman–Crippen MR) is 85.8 cm³/mol. The zero-order chi connectivity index (χ0) is 16.0. The van der Waals surface area contributed by atoms with Crippen LogP contribution in [0.25, 0.3) is 0 Å². The van der Waals surface area contributed by atoms with Gasteiger partial charge in [0.25, 0.3) is 0 Å². The van der Waals surface area contributed by atoms with E-state index in [1.807, 2.05) is 13.8 Å². The maximum absolute atomic E-state index is 11.9. The molecular formula is C14H19Cl2N3O2. The van der Waals surface area contributed by atoms with E-state index in [4.69, 9.17) is 23.2 Å². The molecule has 0 aliphatic heterocycles.